The minimum atomic E-state index is -0.729. The Balaban J connectivity index is 1.70. The molecule has 6 nitrogen and oxygen atoms in total. The predicted octanol–water partition coefficient (Wildman–Crippen LogP) is 6.83. The molecule has 1 N–H and O–H groups in total. The molecule has 204 valence electrons. The van der Waals surface area contributed by atoms with Gasteiger partial charge in [0.2, 0.25) is 0 Å². The topological polar surface area (TPSA) is 76.1 Å². The van der Waals surface area contributed by atoms with Crippen LogP contribution >= 0.6 is 0 Å². The summed E-state index contributed by atoms with van der Waals surface area (Å²) >= 11 is 0. The highest BCUT2D eigenvalue weighted by Gasteiger charge is 2.46. The SMILES string of the molecule is Cc1cccc(C2/C(=C(/O)c3ccc(OCC(C)C)cc3)C(=O)C(=O)N2Cc2ccc(OC(C)(C)C)cc2)c1. The molecular formula is C33H37NO5. The smallest absolute Gasteiger partial charge is 0.295 e. The first-order valence-electron chi connectivity index (χ1n) is 13.3. The molecule has 3 aromatic rings. The fourth-order valence-corrected chi connectivity index (χ4v) is 4.57. The number of carbonyl (C=O) groups is 2. The number of rotatable bonds is 8. The maximum Gasteiger partial charge on any atom is 0.295 e. The van der Waals surface area contributed by atoms with Gasteiger partial charge in [0.15, 0.2) is 0 Å². The Morgan fingerprint density at radius 2 is 1.59 bits per heavy atom. The van der Waals surface area contributed by atoms with E-state index in [0.717, 1.165) is 22.4 Å². The van der Waals surface area contributed by atoms with Gasteiger partial charge in [-0.3, -0.25) is 9.59 Å². The molecule has 0 radical (unpaired) electrons. The van der Waals surface area contributed by atoms with Crippen molar-refractivity contribution >= 4 is 17.4 Å². The average Bonchev–Trinajstić information content (AvgIpc) is 3.12. The van der Waals surface area contributed by atoms with Crippen molar-refractivity contribution in [2.45, 2.75) is 59.7 Å². The Morgan fingerprint density at radius 1 is 0.949 bits per heavy atom. The molecule has 3 aromatic carbocycles. The quantitative estimate of drug-likeness (QED) is 0.197. The number of ether oxygens (including phenoxy) is 2. The number of carbonyl (C=O) groups excluding carboxylic acids is 2. The molecule has 1 heterocycles. The van der Waals surface area contributed by atoms with Crippen molar-refractivity contribution in [3.63, 3.8) is 0 Å². The summed E-state index contributed by atoms with van der Waals surface area (Å²) < 4.78 is 11.7. The van der Waals surface area contributed by atoms with Crippen LogP contribution in [0.3, 0.4) is 0 Å². The molecule has 39 heavy (non-hydrogen) atoms. The van der Waals surface area contributed by atoms with Gasteiger partial charge in [-0.05, 0) is 81.1 Å². The summed E-state index contributed by atoms with van der Waals surface area (Å²) in [5.41, 5.74) is 2.81. The Labute approximate surface area is 230 Å². The normalized spacial score (nSPS) is 17.1. The Hall–Kier alpha value is -4.06. The fraction of sp³-hybridized carbons (Fsp3) is 0.333. The zero-order chi connectivity index (χ0) is 28.3. The van der Waals surface area contributed by atoms with Crippen molar-refractivity contribution in [2.24, 2.45) is 5.92 Å². The van der Waals surface area contributed by atoms with Crippen LogP contribution in [-0.2, 0) is 16.1 Å². The lowest BCUT2D eigenvalue weighted by Gasteiger charge is -2.26. The molecule has 0 saturated carbocycles. The molecule has 1 saturated heterocycles. The second-order valence-electron chi connectivity index (χ2n) is 11.4. The number of aliphatic hydroxyl groups is 1. The van der Waals surface area contributed by atoms with Crippen molar-refractivity contribution in [3.8, 4) is 11.5 Å². The fourth-order valence-electron chi connectivity index (χ4n) is 4.57. The molecule has 1 aliphatic rings. The van der Waals surface area contributed by atoms with Gasteiger partial charge in [-0.15, -0.1) is 0 Å². The number of aliphatic hydroxyl groups excluding tert-OH is 1. The van der Waals surface area contributed by atoms with Gasteiger partial charge in [0, 0.05) is 12.1 Å². The van der Waals surface area contributed by atoms with Gasteiger partial charge < -0.3 is 19.5 Å². The Bertz CT molecular complexity index is 1360. The van der Waals surface area contributed by atoms with Crippen molar-refractivity contribution < 1.29 is 24.2 Å². The van der Waals surface area contributed by atoms with Crippen LogP contribution < -0.4 is 9.47 Å². The summed E-state index contributed by atoms with van der Waals surface area (Å²) in [6.45, 7) is 12.8. The zero-order valence-electron chi connectivity index (χ0n) is 23.5. The van der Waals surface area contributed by atoms with Crippen molar-refractivity contribution in [2.75, 3.05) is 6.61 Å². The molecule has 0 spiro atoms. The molecule has 1 amide bonds. The highest BCUT2D eigenvalue weighted by molar-refractivity contribution is 6.46. The first-order chi connectivity index (χ1) is 18.4. The van der Waals surface area contributed by atoms with E-state index in [1.54, 1.807) is 24.3 Å². The van der Waals surface area contributed by atoms with Gasteiger partial charge in [0.05, 0.1) is 18.2 Å². The summed E-state index contributed by atoms with van der Waals surface area (Å²) in [6.07, 6.45) is 0. The van der Waals surface area contributed by atoms with E-state index in [9.17, 15) is 14.7 Å². The van der Waals surface area contributed by atoms with Crippen LogP contribution in [-0.4, -0.2) is 33.9 Å². The Morgan fingerprint density at radius 3 is 2.18 bits per heavy atom. The van der Waals surface area contributed by atoms with Crippen LogP contribution in [0.4, 0.5) is 0 Å². The van der Waals surface area contributed by atoms with E-state index in [-0.39, 0.29) is 23.5 Å². The molecule has 0 aromatic heterocycles. The van der Waals surface area contributed by atoms with Crippen molar-refractivity contribution in [1.29, 1.82) is 0 Å². The zero-order valence-corrected chi connectivity index (χ0v) is 23.5. The molecule has 4 rings (SSSR count). The lowest BCUT2D eigenvalue weighted by molar-refractivity contribution is -0.140. The van der Waals surface area contributed by atoms with Gasteiger partial charge in [-0.1, -0.05) is 55.8 Å². The summed E-state index contributed by atoms with van der Waals surface area (Å²) in [6, 6.07) is 21.4. The maximum atomic E-state index is 13.4. The van der Waals surface area contributed by atoms with Crippen LogP contribution in [0.15, 0.2) is 78.4 Å². The van der Waals surface area contributed by atoms with Gasteiger partial charge >= 0.3 is 0 Å². The average molecular weight is 528 g/mol. The summed E-state index contributed by atoms with van der Waals surface area (Å²) in [7, 11) is 0. The van der Waals surface area contributed by atoms with Crippen LogP contribution in [0.25, 0.3) is 5.76 Å². The standard InChI is InChI=1S/C33H37NO5/c1-21(2)20-38-26-16-12-24(13-17-26)30(35)28-29(25-9-7-8-22(3)18-25)34(32(37)31(28)36)19-23-10-14-27(15-11-23)39-33(4,5)6/h7-18,21,29,35H,19-20H2,1-6H3/b30-28-. The van der Waals surface area contributed by atoms with Gasteiger partial charge in [0.25, 0.3) is 11.7 Å². The highest BCUT2D eigenvalue weighted by Crippen LogP contribution is 2.40. The van der Waals surface area contributed by atoms with Crippen LogP contribution in [0, 0.1) is 12.8 Å². The number of Topliss-reactive ketones (excluding diaryl/α,β-unsaturated/α-hetero) is 1. The predicted molar refractivity (Wildman–Crippen MR) is 153 cm³/mol. The molecule has 1 fully saturated rings. The van der Waals surface area contributed by atoms with Gasteiger partial charge in [-0.2, -0.15) is 0 Å². The number of benzene rings is 3. The van der Waals surface area contributed by atoms with E-state index in [0.29, 0.717) is 23.8 Å². The molecule has 0 aliphatic carbocycles. The van der Waals surface area contributed by atoms with Gasteiger partial charge in [0.1, 0.15) is 22.9 Å². The number of hydrogen-bond donors (Lipinski definition) is 1. The molecule has 6 heteroatoms. The van der Waals surface area contributed by atoms with E-state index in [1.807, 2.05) is 76.2 Å². The minimum Gasteiger partial charge on any atom is -0.507 e. The minimum absolute atomic E-state index is 0.0779. The lowest BCUT2D eigenvalue weighted by Crippen LogP contribution is -2.29. The van der Waals surface area contributed by atoms with E-state index < -0.39 is 17.7 Å². The van der Waals surface area contributed by atoms with Crippen molar-refractivity contribution in [3.05, 3.63) is 101 Å². The van der Waals surface area contributed by atoms with E-state index in [1.165, 1.54) is 4.90 Å². The number of ketones is 1. The van der Waals surface area contributed by atoms with Crippen LogP contribution in [0.2, 0.25) is 0 Å². The number of nitrogens with zero attached hydrogens (tertiary/aromatic N) is 1. The van der Waals surface area contributed by atoms with E-state index in [4.69, 9.17) is 9.47 Å². The number of hydrogen-bond acceptors (Lipinski definition) is 5. The van der Waals surface area contributed by atoms with Crippen LogP contribution in [0.1, 0.15) is 62.9 Å². The third-order valence-corrected chi connectivity index (χ3v) is 6.31. The molecule has 1 aliphatic heterocycles. The first-order valence-corrected chi connectivity index (χ1v) is 13.3. The highest BCUT2D eigenvalue weighted by atomic mass is 16.5. The first kappa shape index (κ1) is 28.0. The van der Waals surface area contributed by atoms with Crippen LogP contribution in [0.5, 0.6) is 11.5 Å². The molecule has 1 atom stereocenters. The second-order valence-corrected chi connectivity index (χ2v) is 11.4. The lowest BCUT2D eigenvalue weighted by atomic mass is 9.94. The Kier molecular flexibility index (Phi) is 8.14. The van der Waals surface area contributed by atoms with E-state index in [2.05, 4.69) is 13.8 Å². The third-order valence-electron chi connectivity index (χ3n) is 6.31. The number of aryl methyl sites for hydroxylation is 1. The van der Waals surface area contributed by atoms with E-state index >= 15 is 0 Å². The van der Waals surface area contributed by atoms with Crippen molar-refractivity contribution in [1.82, 2.24) is 4.90 Å². The largest absolute Gasteiger partial charge is 0.507 e. The van der Waals surface area contributed by atoms with Gasteiger partial charge in [-0.25, -0.2) is 0 Å². The monoisotopic (exact) mass is 527 g/mol. The number of amides is 1. The molecule has 0 bridgehead atoms. The third kappa shape index (κ3) is 6.69. The number of likely N-dealkylation sites (tertiary alicyclic amines) is 1. The summed E-state index contributed by atoms with van der Waals surface area (Å²) in [4.78, 5) is 28.3. The summed E-state index contributed by atoms with van der Waals surface area (Å²) in [5, 5.41) is 11.4. The second kappa shape index (κ2) is 11.4. The maximum absolute atomic E-state index is 13.4. The summed E-state index contributed by atoms with van der Waals surface area (Å²) in [5.74, 6) is 0.235. The molecular weight excluding hydrogens is 490 g/mol. The molecule has 1 unspecified atom stereocenters.